The summed E-state index contributed by atoms with van der Waals surface area (Å²) in [5.74, 6) is -2.68. The van der Waals surface area contributed by atoms with Crippen LogP contribution in [0, 0.1) is 11.8 Å². The lowest BCUT2D eigenvalue weighted by Crippen LogP contribution is -2.47. The molecule has 0 heterocycles. The third-order valence-electron chi connectivity index (χ3n) is 3.44. The molecule has 0 bridgehead atoms. The Balaban J connectivity index is 3.06. The number of carbonyl (C=O) groups is 1. The van der Waals surface area contributed by atoms with Crippen molar-refractivity contribution in [3.63, 3.8) is 0 Å². The van der Waals surface area contributed by atoms with Gasteiger partial charge in [0.1, 0.15) is 6.54 Å². The minimum atomic E-state index is -4.65. The number of sulfonamides is 1. The summed E-state index contributed by atoms with van der Waals surface area (Å²) >= 11 is 0. The molecule has 0 saturated heterocycles. The molecule has 2 unspecified atom stereocenters. The van der Waals surface area contributed by atoms with E-state index >= 15 is 0 Å². The zero-order valence-corrected chi connectivity index (χ0v) is 12.7. The van der Waals surface area contributed by atoms with E-state index < -0.39 is 39.9 Å². The molecule has 0 amide bonds. The first-order valence-corrected chi connectivity index (χ1v) is 8.24. The third kappa shape index (κ3) is 4.84. The normalized spacial score (nSPS) is 24.0. The van der Waals surface area contributed by atoms with Crippen LogP contribution in [0.1, 0.15) is 33.1 Å². The summed E-state index contributed by atoms with van der Waals surface area (Å²) in [5, 5.41) is 7.77. The summed E-state index contributed by atoms with van der Waals surface area (Å²) in [6.07, 6.45) is -3.99. The average Bonchev–Trinajstić information content (AvgIpc) is 2.74. The summed E-state index contributed by atoms with van der Waals surface area (Å²) in [5.41, 5.74) is 0. The Morgan fingerprint density at radius 1 is 1.33 bits per heavy atom. The maximum Gasteiger partial charge on any atom is 0.402 e. The fraction of sp³-hybridized carbons (Fsp3) is 0.917. The number of aliphatic carboxylic acids is 1. The first-order chi connectivity index (χ1) is 9.45. The van der Waals surface area contributed by atoms with Crippen LogP contribution in [0.5, 0.6) is 0 Å². The standard InChI is InChI=1S/C12H20F3NO4S/c1-8(2)6-16(7-12(13,14)15)21(19,20)10-5-3-4-9(10)11(17)18/h8-10H,3-7H2,1-2H3,(H,17,18). The van der Waals surface area contributed by atoms with E-state index in [0.29, 0.717) is 10.7 Å². The molecule has 0 radical (unpaired) electrons. The molecule has 1 aliphatic rings. The topological polar surface area (TPSA) is 74.7 Å². The van der Waals surface area contributed by atoms with E-state index in [1.54, 1.807) is 13.8 Å². The summed E-state index contributed by atoms with van der Waals surface area (Å²) in [4.78, 5) is 11.1. The summed E-state index contributed by atoms with van der Waals surface area (Å²) in [7, 11) is -4.29. The van der Waals surface area contributed by atoms with Gasteiger partial charge in [0, 0.05) is 6.54 Å². The van der Waals surface area contributed by atoms with E-state index in [1.807, 2.05) is 0 Å². The van der Waals surface area contributed by atoms with Gasteiger partial charge in [0.2, 0.25) is 10.0 Å². The Kier molecular flexibility index (Phi) is 5.65. The molecule has 1 saturated carbocycles. The van der Waals surface area contributed by atoms with Gasteiger partial charge in [-0.15, -0.1) is 0 Å². The maximum atomic E-state index is 12.6. The summed E-state index contributed by atoms with van der Waals surface area (Å²) in [6, 6.07) is 0. The average molecular weight is 331 g/mol. The Bertz CT molecular complexity index is 475. The molecule has 1 aliphatic carbocycles. The maximum absolute atomic E-state index is 12.6. The van der Waals surface area contributed by atoms with E-state index in [-0.39, 0.29) is 25.3 Å². The van der Waals surface area contributed by atoms with Gasteiger partial charge in [0.15, 0.2) is 0 Å². The summed E-state index contributed by atoms with van der Waals surface area (Å²) < 4.78 is 63.1. The molecule has 21 heavy (non-hydrogen) atoms. The van der Waals surface area contributed by atoms with Gasteiger partial charge in [0.05, 0.1) is 11.2 Å². The molecule has 0 aliphatic heterocycles. The molecule has 0 aromatic heterocycles. The molecule has 0 aromatic carbocycles. The number of nitrogens with zero attached hydrogens (tertiary/aromatic N) is 1. The molecule has 9 heteroatoms. The van der Waals surface area contributed by atoms with Crippen LogP contribution in [0.4, 0.5) is 13.2 Å². The number of hydrogen-bond donors (Lipinski definition) is 1. The van der Waals surface area contributed by atoms with E-state index in [4.69, 9.17) is 5.11 Å². The van der Waals surface area contributed by atoms with E-state index in [1.165, 1.54) is 0 Å². The van der Waals surface area contributed by atoms with E-state index in [0.717, 1.165) is 0 Å². The van der Waals surface area contributed by atoms with Crippen molar-refractivity contribution < 1.29 is 31.5 Å². The summed E-state index contributed by atoms with van der Waals surface area (Å²) in [6.45, 7) is 1.38. The minimum absolute atomic E-state index is 0.0890. The molecule has 124 valence electrons. The number of halogens is 3. The van der Waals surface area contributed by atoms with Crippen molar-refractivity contribution in [2.75, 3.05) is 13.1 Å². The first kappa shape index (κ1) is 18.2. The quantitative estimate of drug-likeness (QED) is 0.809. The highest BCUT2D eigenvalue weighted by atomic mass is 32.2. The zero-order chi connectivity index (χ0) is 16.4. The number of hydrogen-bond acceptors (Lipinski definition) is 3. The lowest BCUT2D eigenvalue weighted by molar-refractivity contribution is -0.141. The van der Waals surface area contributed by atoms with Crippen molar-refractivity contribution in [2.24, 2.45) is 11.8 Å². The van der Waals surface area contributed by atoms with Gasteiger partial charge in [-0.2, -0.15) is 17.5 Å². The lowest BCUT2D eigenvalue weighted by atomic mass is 10.1. The fourth-order valence-corrected chi connectivity index (χ4v) is 4.97. The minimum Gasteiger partial charge on any atom is -0.481 e. The fourth-order valence-electron chi connectivity index (χ4n) is 2.62. The second-order valence-corrected chi connectivity index (χ2v) is 7.91. The second-order valence-electron chi connectivity index (χ2n) is 5.76. The molecule has 1 N–H and O–H groups in total. The number of rotatable bonds is 6. The number of alkyl halides is 3. The van der Waals surface area contributed by atoms with Gasteiger partial charge in [-0.1, -0.05) is 20.3 Å². The Morgan fingerprint density at radius 2 is 1.90 bits per heavy atom. The van der Waals surface area contributed by atoms with Crippen LogP contribution in [-0.2, 0) is 14.8 Å². The molecular weight excluding hydrogens is 311 g/mol. The van der Waals surface area contributed by atoms with Gasteiger partial charge in [-0.25, -0.2) is 8.42 Å². The lowest BCUT2D eigenvalue weighted by Gasteiger charge is -2.29. The van der Waals surface area contributed by atoms with Crippen LogP contribution in [0.25, 0.3) is 0 Å². The SMILES string of the molecule is CC(C)CN(CC(F)(F)F)S(=O)(=O)C1CCCC1C(=O)O. The van der Waals surface area contributed by atoms with Crippen LogP contribution in [-0.4, -0.2) is 48.3 Å². The molecule has 5 nitrogen and oxygen atoms in total. The molecule has 1 rings (SSSR count). The van der Waals surface area contributed by atoms with E-state index in [9.17, 15) is 26.4 Å². The van der Waals surface area contributed by atoms with Crippen LogP contribution in [0.3, 0.4) is 0 Å². The van der Waals surface area contributed by atoms with Crippen molar-refractivity contribution in [3.8, 4) is 0 Å². The Hall–Kier alpha value is -0.830. The highest BCUT2D eigenvalue weighted by Crippen LogP contribution is 2.34. The number of carboxylic acids is 1. The van der Waals surface area contributed by atoms with Crippen LogP contribution in [0.15, 0.2) is 0 Å². The predicted molar refractivity (Wildman–Crippen MR) is 70.2 cm³/mol. The van der Waals surface area contributed by atoms with Gasteiger partial charge in [-0.05, 0) is 18.8 Å². The second kappa shape index (κ2) is 6.51. The zero-order valence-electron chi connectivity index (χ0n) is 11.9. The van der Waals surface area contributed by atoms with Gasteiger partial charge < -0.3 is 5.11 Å². The van der Waals surface area contributed by atoms with Crippen molar-refractivity contribution in [1.82, 2.24) is 4.31 Å². The van der Waals surface area contributed by atoms with Crippen LogP contribution < -0.4 is 0 Å². The van der Waals surface area contributed by atoms with Crippen molar-refractivity contribution in [1.29, 1.82) is 0 Å². The highest BCUT2D eigenvalue weighted by molar-refractivity contribution is 7.89. The monoisotopic (exact) mass is 331 g/mol. The smallest absolute Gasteiger partial charge is 0.402 e. The van der Waals surface area contributed by atoms with Crippen molar-refractivity contribution in [2.45, 2.75) is 44.5 Å². The Labute approximate surface area is 122 Å². The molecular formula is C12H20F3NO4S. The third-order valence-corrected chi connectivity index (χ3v) is 5.76. The molecule has 0 spiro atoms. The first-order valence-electron chi connectivity index (χ1n) is 6.73. The largest absolute Gasteiger partial charge is 0.481 e. The number of carboxylic acid groups (broad SMARTS) is 1. The van der Waals surface area contributed by atoms with E-state index in [2.05, 4.69) is 0 Å². The van der Waals surface area contributed by atoms with Crippen LogP contribution in [0.2, 0.25) is 0 Å². The molecule has 2 atom stereocenters. The van der Waals surface area contributed by atoms with Crippen LogP contribution >= 0.6 is 0 Å². The highest BCUT2D eigenvalue weighted by Gasteiger charge is 2.46. The predicted octanol–water partition coefficient (Wildman–Crippen LogP) is 2.09. The molecule has 0 aromatic rings. The van der Waals surface area contributed by atoms with Gasteiger partial charge in [0.25, 0.3) is 0 Å². The van der Waals surface area contributed by atoms with Gasteiger partial charge >= 0.3 is 12.1 Å². The Morgan fingerprint density at radius 3 is 2.33 bits per heavy atom. The van der Waals surface area contributed by atoms with Crippen molar-refractivity contribution in [3.05, 3.63) is 0 Å². The van der Waals surface area contributed by atoms with Crippen molar-refractivity contribution >= 4 is 16.0 Å². The molecule has 1 fully saturated rings. The van der Waals surface area contributed by atoms with Gasteiger partial charge in [-0.3, -0.25) is 4.79 Å².